The maximum absolute atomic E-state index is 14.4. The summed E-state index contributed by atoms with van der Waals surface area (Å²) in [6.45, 7) is 0. The van der Waals surface area contributed by atoms with Gasteiger partial charge in [-0.2, -0.15) is 13.2 Å². The van der Waals surface area contributed by atoms with Crippen LogP contribution in [-0.4, -0.2) is 22.9 Å². The number of fused-ring (bicyclic) bond motifs is 1. The molecule has 182 valence electrons. The number of allylic oxidation sites excluding steroid dienone is 5. The number of alkyl halides is 6. The van der Waals surface area contributed by atoms with Gasteiger partial charge in [0.15, 0.2) is 11.4 Å². The van der Waals surface area contributed by atoms with Crippen molar-refractivity contribution < 1.29 is 44.4 Å². The van der Waals surface area contributed by atoms with Crippen LogP contribution in [0.25, 0.3) is 5.70 Å². The van der Waals surface area contributed by atoms with E-state index >= 15 is 0 Å². The number of anilines is 1. The number of rotatable bonds is 3. The van der Waals surface area contributed by atoms with Crippen molar-refractivity contribution in [2.24, 2.45) is 0 Å². The summed E-state index contributed by atoms with van der Waals surface area (Å²) >= 11 is 5.91. The molecule has 0 aliphatic carbocycles. The molecule has 1 unspecified atom stereocenters. The van der Waals surface area contributed by atoms with Crippen LogP contribution in [-0.2, 0) is 0 Å². The van der Waals surface area contributed by atoms with Crippen LogP contribution in [0.1, 0.15) is 15.9 Å². The van der Waals surface area contributed by atoms with E-state index in [2.05, 4.69) is 5.32 Å². The highest BCUT2D eigenvalue weighted by molar-refractivity contribution is 6.28. The number of hydrogen-bond acceptors (Lipinski definition) is 1. The van der Waals surface area contributed by atoms with E-state index in [0.29, 0.717) is 6.08 Å². The molecule has 2 heterocycles. The molecule has 0 bridgehead atoms. The van der Waals surface area contributed by atoms with Gasteiger partial charge in [-0.1, -0.05) is 6.07 Å². The minimum absolute atomic E-state index is 0.125. The molecule has 0 aromatic heterocycles. The van der Waals surface area contributed by atoms with Crippen molar-refractivity contribution in [2.45, 2.75) is 12.5 Å². The van der Waals surface area contributed by atoms with Gasteiger partial charge in [0.05, 0.1) is 0 Å². The minimum atomic E-state index is -5.29. The standard InChI is InChI=1S/C23H11ClF8N2O/c24-18-6-1-3-14-11-15(22(27,28)29)20(34(14,18)23(30,31)32)12-7-9-13(10-8-12)33-21(35)19-16(25)4-2-5-17(19)26/h1-11H/p+1. The molecule has 2 aliphatic rings. The second-order valence-electron chi connectivity index (χ2n) is 7.44. The second-order valence-corrected chi connectivity index (χ2v) is 7.83. The molecule has 0 spiro atoms. The molecule has 2 aromatic rings. The van der Waals surface area contributed by atoms with Crippen LogP contribution in [0.15, 0.2) is 83.2 Å². The molecular weight excluding hydrogens is 508 g/mol. The van der Waals surface area contributed by atoms with Gasteiger partial charge in [0.1, 0.15) is 22.8 Å². The van der Waals surface area contributed by atoms with Crippen LogP contribution < -0.4 is 5.32 Å². The van der Waals surface area contributed by atoms with Crippen LogP contribution in [0.4, 0.5) is 40.8 Å². The highest BCUT2D eigenvalue weighted by Crippen LogP contribution is 2.58. The number of halogens is 9. The number of benzene rings is 2. The van der Waals surface area contributed by atoms with Gasteiger partial charge in [-0.3, -0.25) is 4.79 Å². The second kappa shape index (κ2) is 8.35. The van der Waals surface area contributed by atoms with Crippen LogP contribution in [0.2, 0.25) is 0 Å². The number of hydrogen-bond donors (Lipinski definition) is 1. The first-order valence-electron chi connectivity index (χ1n) is 9.69. The zero-order valence-electron chi connectivity index (χ0n) is 17.1. The van der Waals surface area contributed by atoms with Gasteiger partial charge < -0.3 is 5.32 Å². The van der Waals surface area contributed by atoms with Crippen molar-refractivity contribution in [3.8, 4) is 0 Å². The third-order valence-corrected chi connectivity index (χ3v) is 5.76. The van der Waals surface area contributed by atoms with Crippen molar-refractivity contribution in [3.63, 3.8) is 0 Å². The first-order chi connectivity index (χ1) is 16.3. The Balaban J connectivity index is 1.79. The first kappa shape index (κ1) is 24.7. The van der Waals surface area contributed by atoms with E-state index in [1.807, 2.05) is 0 Å². The Kier molecular flexibility index (Phi) is 5.89. The SMILES string of the molecule is O=C(Nc1ccc(C2=C(C(F)(F)F)C=C3C=CC=C(Cl)[N+]32C(F)(F)F)cc1)c1c(F)cccc1F. The molecule has 0 saturated heterocycles. The Morgan fingerprint density at radius 1 is 0.914 bits per heavy atom. The zero-order chi connectivity index (χ0) is 25.8. The van der Waals surface area contributed by atoms with Gasteiger partial charge in [-0.15, -0.1) is 17.7 Å². The fraction of sp³-hybridized carbons (Fsp3) is 0.0870. The molecular formula is C23H12ClF8N2O+. The molecule has 4 rings (SSSR count). The Bertz CT molecular complexity index is 1320. The third-order valence-electron chi connectivity index (χ3n) is 5.38. The average Bonchev–Trinajstić information content (AvgIpc) is 3.12. The maximum atomic E-state index is 14.4. The van der Waals surface area contributed by atoms with E-state index in [1.165, 1.54) is 0 Å². The van der Waals surface area contributed by atoms with E-state index in [-0.39, 0.29) is 5.69 Å². The van der Waals surface area contributed by atoms with Crippen LogP contribution in [0.5, 0.6) is 0 Å². The molecule has 0 fully saturated rings. The molecule has 35 heavy (non-hydrogen) atoms. The first-order valence-corrected chi connectivity index (χ1v) is 10.1. The summed E-state index contributed by atoms with van der Waals surface area (Å²) in [7, 11) is 0. The minimum Gasteiger partial charge on any atom is -0.322 e. The number of nitrogens with one attached hydrogen (secondary N) is 1. The molecule has 2 aromatic carbocycles. The molecule has 1 amide bonds. The summed E-state index contributed by atoms with van der Waals surface area (Å²) in [6, 6.07) is 6.59. The van der Waals surface area contributed by atoms with Gasteiger partial charge in [-0.05, 0) is 54.1 Å². The summed E-state index contributed by atoms with van der Waals surface area (Å²) in [6.07, 6.45) is -7.23. The predicted molar refractivity (Wildman–Crippen MR) is 111 cm³/mol. The number of carbonyl (C=O) groups is 1. The van der Waals surface area contributed by atoms with Gasteiger partial charge in [-0.25, -0.2) is 8.78 Å². The molecule has 1 N–H and O–H groups in total. The van der Waals surface area contributed by atoms with E-state index in [9.17, 15) is 39.9 Å². The van der Waals surface area contributed by atoms with Gasteiger partial charge in [0, 0.05) is 29.5 Å². The van der Waals surface area contributed by atoms with E-state index in [0.717, 1.165) is 60.7 Å². The zero-order valence-corrected chi connectivity index (χ0v) is 17.9. The lowest BCUT2D eigenvalue weighted by Crippen LogP contribution is -2.52. The normalized spacial score (nSPS) is 19.9. The van der Waals surface area contributed by atoms with Crippen molar-refractivity contribution in [1.82, 2.24) is 0 Å². The Hall–Kier alpha value is -3.44. The van der Waals surface area contributed by atoms with E-state index in [4.69, 9.17) is 11.6 Å². The number of carbonyl (C=O) groups excluding carboxylic acids is 1. The van der Waals surface area contributed by atoms with Crippen LogP contribution in [0.3, 0.4) is 0 Å². The third kappa shape index (κ3) is 3.94. The smallest absolute Gasteiger partial charge is 0.322 e. The van der Waals surface area contributed by atoms with Gasteiger partial charge in [0.25, 0.3) is 5.91 Å². The van der Waals surface area contributed by atoms with Crippen molar-refractivity contribution in [3.05, 3.63) is 106 Å². The number of amides is 1. The lowest BCUT2D eigenvalue weighted by molar-refractivity contribution is -0.899. The van der Waals surface area contributed by atoms with Crippen molar-refractivity contribution in [1.29, 1.82) is 0 Å². The Morgan fingerprint density at radius 2 is 1.51 bits per heavy atom. The summed E-state index contributed by atoms with van der Waals surface area (Å²) < 4.78 is 110. The summed E-state index contributed by atoms with van der Waals surface area (Å²) in [5.74, 6) is -3.50. The number of quaternary nitrogens is 1. The maximum Gasteiger partial charge on any atom is 0.576 e. The fourth-order valence-electron chi connectivity index (χ4n) is 3.93. The molecule has 1 atom stereocenters. The van der Waals surface area contributed by atoms with E-state index in [1.54, 1.807) is 0 Å². The quantitative estimate of drug-likeness (QED) is 0.256. The van der Waals surface area contributed by atoms with Gasteiger partial charge in [0.2, 0.25) is 5.16 Å². The molecule has 0 saturated carbocycles. The Morgan fingerprint density at radius 3 is 2.06 bits per heavy atom. The highest BCUT2D eigenvalue weighted by atomic mass is 35.5. The van der Waals surface area contributed by atoms with Crippen molar-refractivity contribution in [2.75, 3.05) is 5.32 Å². The largest absolute Gasteiger partial charge is 0.576 e. The fourth-order valence-corrected chi connectivity index (χ4v) is 4.28. The van der Waals surface area contributed by atoms with Crippen LogP contribution in [0, 0.1) is 11.6 Å². The molecule has 2 aliphatic heterocycles. The van der Waals surface area contributed by atoms with Crippen LogP contribution >= 0.6 is 11.6 Å². The summed E-state index contributed by atoms with van der Waals surface area (Å²) in [5, 5.41) is 1.23. The lowest BCUT2D eigenvalue weighted by atomic mass is 10.0. The number of nitrogens with zero attached hydrogens (tertiary/aromatic N) is 1. The monoisotopic (exact) mass is 519 g/mol. The molecule has 0 radical (unpaired) electrons. The van der Waals surface area contributed by atoms with E-state index < -0.39 is 67.8 Å². The van der Waals surface area contributed by atoms with Gasteiger partial charge >= 0.3 is 12.5 Å². The molecule has 12 heteroatoms. The predicted octanol–water partition coefficient (Wildman–Crippen LogP) is 7.37. The summed E-state index contributed by atoms with van der Waals surface area (Å²) in [5.41, 5.74) is -4.99. The Labute approximate surface area is 197 Å². The van der Waals surface area contributed by atoms with Crippen molar-refractivity contribution >= 4 is 28.9 Å². The topological polar surface area (TPSA) is 29.1 Å². The lowest BCUT2D eigenvalue weighted by Gasteiger charge is -2.38. The average molecular weight is 520 g/mol. The molecule has 3 nitrogen and oxygen atoms in total. The highest BCUT2D eigenvalue weighted by Gasteiger charge is 2.68. The summed E-state index contributed by atoms with van der Waals surface area (Å²) in [4.78, 5) is 12.3.